The lowest BCUT2D eigenvalue weighted by Crippen LogP contribution is -2.48. The summed E-state index contributed by atoms with van der Waals surface area (Å²) in [6.45, 7) is 2.78. The third-order valence-electron chi connectivity index (χ3n) is 6.15. The van der Waals surface area contributed by atoms with Gasteiger partial charge in [0.2, 0.25) is 11.8 Å². The second-order valence-corrected chi connectivity index (χ2v) is 8.57. The van der Waals surface area contributed by atoms with Crippen LogP contribution in [0.4, 0.5) is 15.8 Å². The van der Waals surface area contributed by atoms with Crippen LogP contribution in [0.25, 0.3) is 0 Å². The van der Waals surface area contributed by atoms with Gasteiger partial charge < -0.3 is 19.1 Å². The Balaban J connectivity index is 1.50. The predicted molar refractivity (Wildman–Crippen MR) is 124 cm³/mol. The molecule has 1 aromatic heterocycles. The maximum Gasteiger partial charge on any atom is 0.274 e. The van der Waals surface area contributed by atoms with Gasteiger partial charge in [0, 0.05) is 58.5 Å². The molecule has 2 aliphatic rings. The zero-order chi connectivity index (χ0) is 23.5. The number of piperazine rings is 1. The summed E-state index contributed by atoms with van der Waals surface area (Å²) in [5, 5.41) is 2.87. The second kappa shape index (κ2) is 9.93. The van der Waals surface area contributed by atoms with Crippen molar-refractivity contribution in [1.82, 2.24) is 9.88 Å². The number of carbonyl (C=O) groups is 2. The molecule has 0 spiro atoms. The molecule has 2 aromatic rings. The molecule has 2 saturated heterocycles. The number of amides is 2. The molecular formula is C23H26ClFN4O4. The highest BCUT2D eigenvalue weighted by atomic mass is 35.5. The molecule has 1 atom stereocenters. The van der Waals surface area contributed by atoms with Gasteiger partial charge in [0.1, 0.15) is 11.5 Å². The van der Waals surface area contributed by atoms with Gasteiger partial charge >= 0.3 is 0 Å². The number of piperidine rings is 1. The number of aromatic nitrogens is 1. The number of rotatable bonds is 6. The topological polar surface area (TPSA) is 83.9 Å². The van der Waals surface area contributed by atoms with Crippen LogP contribution in [0.3, 0.4) is 0 Å². The van der Waals surface area contributed by atoms with E-state index in [0.29, 0.717) is 55.5 Å². The van der Waals surface area contributed by atoms with Crippen LogP contribution in [0.2, 0.25) is 5.02 Å². The molecule has 0 aliphatic carbocycles. The Hall–Kier alpha value is -2.91. The van der Waals surface area contributed by atoms with E-state index >= 15 is 0 Å². The normalized spacial score (nSPS) is 19.1. The minimum atomic E-state index is -0.469. The number of halogens is 2. The highest BCUT2D eigenvalue weighted by molar-refractivity contribution is 6.34. The summed E-state index contributed by atoms with van der Waals surface area (Å²) in [5.41, 5.74) is 1.58. The largest absolute Gasteiger partial charge is 0.383 e. The quantitative estimate of drug-likeness (QED) is 0.643. The fraction of sp³-hybridized carbons (Fsp3) is 0.435. The first-order chi connectivity index (χ1) is 15.9. The Labute approximate surface area is 195 Å². The molecule has 1 unspecified atom stereocenters. The molecule has 2 fully saturated rings. The number of methoxy groups -OCH3 is 1. The van der Waals surface area contributed by atoms with Crippen LogP contribution in [0.5, 0.6) is 0 Å². The van der Waals surface area contributed by atoms with Crippen molar-refractivity contribution in [2.24, 2.45) is 0 Å². The van der Waals surface area contributed by atoms with E-state index in [1.54, 1.807) is 0 Å². The third kappa shape index (κ3) is 4.89. The Kier molecular flexibility index (Phi) is 6.99. The summed E-state index contributed by atoms with van der Waals surface area (Å²) < 4.78 is 20.5. The van der Waals surface area contributed by atoms with E-state index in [0.717, 1.165) is 5.69 Å². The Morgan fingerprint density at radius 2 is 1.82 bits per heavy atom. The van der Waals surface area contributed by atoms with Gasteiger partial charge in [-0.1, -0.05) is 23.7 Å². The zero-order valence-electron chi connectivity index (χ0n) is 18.4. The molecule has 3 heterocycles. The van der Waals surface area contributed by atoms with Crippen molar-refractivity contribution < 1.29 is 18.7 Å². The number of nitrogens with one attached hydrogen (secondary N) is 1. The number of carbonyl (C=O) groups excluding carboxylic acids is 2. The van der Waals surface area contributed by atoms with Crippen LogP contribution in [0.15, 0.2) is 35.3 Å². The summed E-state index contributed by atoms with van der Waals surface area (Å²) in [6.07, 6.45) is 1.91. The molecule has 2 amide bonds. The summed E-state index contributed by atoms with van der Waals surface area (Å²) >= 11 is 6.71. The molecule has 1 N–H and O–H groups in total. The summed E-state index contributed by atoms with van der Waals surface area (Å²) in [5.74, 6) is -1.53. The van der Waals surface area contributed by atoms with Crippen LogP contribution in [0, 0.1) is 5.82 Å². The number of nitrogens with zero attached hydrogens (tertiary/aromatic N) is 3. The fourth-order valence-corrected chi connectivity index (χ4v) is 4.77. The van der Waals surface area contributed by atoms with E-state index in [4.69, 9.17) is 16.3 Å². The van der Waals surface area contributed by atoms with Gasteiger partial charge in [0.25, 0.3) is 5.56 Å². The first-order valence-electron chi connectivity index (χ1n) is 10.9. The highest BCUT2D eigenvalue weighted by Gasteiger charge is 2.31. The van der Waals surface area contributed by atoms with Crippen LogP contribution < -0.4 is 20.7 Å². The Bertz CT molecular complexity index is 1110. The molecule has 0 saturated carbocycles. The molecule has 8 nitrogen and oxygen atoms in total. The van der Waals surface area contributed by atoms with E-state index in [1.165, 1.54) is 23.9 Å². The van der Waals surface area contributed by atoms with E-state index < -0.39 is 11.7 Å². The van der Waals surface area contributed by atoms with Crippen molar-refractivity contribution in [3.8, 4) is 0 Å². The third-order valence-corrected chi connectivity index (χ3v) is 6.57. The summed E-state index contributed by atoms with van der Waals surface area (Å²) in [4.78, 5) is 40.6. The number of pyridine rings is 1. The second-order valence-electron chi connectivity index (χ2n) is 8.19. The molecule has 4 rings (SSSR count). The molecule has 176 valence electrons. The van der Waals surface area contributed by atoms with Crippen LogP contribution >= 0.6 is 11.6 Å². The molecule has 0 radical (unpaired) electrons. The van der Waals surface area contributed by atoms with Crippen LogP contribution in [0.1, 0.15) is 24.3 Å². The van der Waals surface area contributed by atoms with Crippen LogP contribution in [-0.2, 0) is 20.9 Å². The molecular weight excluding hydrogens is 451 g/mol. The smallest absolute Gasteiger partial charge is 0.274 e. The van der Waals surface area contributed by atoms with Crippen LogP contribution in [-0.4, -0.2) is 56.3 Å². The lowest BCUT2D eigenvalue weighted by atomic mass is 9.90. The van der Waals surface area contributed by atoms with Gasteiger partial charge in [0.05, 0.1) is 23.2 Å². The Morgan fingerprint density at radius 3 is 2.48 bits per heavy atom. The number of ether oxygens (including phenoxy) is 1. The number of anilines is 2. The van der Waals surface area contributed by atoms with Gasteiger partial charge in [0.15, 0.2) is 0 Å². The lowest BCUT2D eigenvalue weighted by molar-refractivity contribution is -0.134. The SMILES string of the molecule is COCCn1cc(F)cc(N2CCN(c3cccc(C4CCC(=O)NC4=O)c3Cl)CC2)c1=O. The standard InChI is InChI=1S/C23H26ClFN4O4/c1-33-12-11-29-14-15(25)13-19(23(29)32)28-9-7-27(8-10-28)18-4-2-3-16(21(18)24)17-5-6-20(30)26-22(17)31/h2-4,13-14,17H,5-12H2,1H3,(H,26,30,31). The van der Waals surface area contributed by atoms with Gasteiger partial charge in [-0.3, -0.25) is 19.7 Å². The minimum absolute atomic E-state index is 0.250. The highest BCUT2D eigenvalue weighted by Crippen LogP contribution is 2.37. The fourth-order valence-electron chi connectivity index (χ4n) is 4.40. The number of benzene rings is 1. The summed E-state index contributed by atoms with van der Waals surface area (Å²) in [7, 11) is 1.53. The number of imide groups is 1. The summed E-state index contributed by atoms with van der Waals surface area (Å²) in [6, 6.07) is 6.84. The van der Waals surface area contributed by atoms with E-state index in [2.05, 4.69) is 10.2 Å². The van der Waals surface area contributed by atoms with Crippen molar-refractivity contribution in [3.05, 3.63) is 57.2 Å². The van der Waals surface area contributed by atoms with Gasteiger partial charge in [-0.25, -0.2) is 4.39 Å². The van der Waals surface area contributed by atoms with Crippen molar-refractivity contribution >= 4 is 34.8 Å². The molecule has 1 aromatic carbocycles. The average Bonchev–Trinajstić information content (AvgIpc) is 2.80. The van der Waals surface area contributed by atoms with Crippen molar-refractivity contribution in [3.63, 3.8) is 0 Å². The first-order valence-corrected chi connectivity index (χ1v) is 11.3. The number of hydrogen-bond acceptors (Lipinski definition) is 6. The van der Waals surface area contributed by atoms with Crippen molar-refractivity contribution in [1.29, 1.82) is 0 Å². The first kappa shape index (κ1) is 23.3. The molecule has 2 aliphatic heterocycles. The predicted octanol–water partition coefficient (Wildman–Crippen LogP) is 2.13. The minimum Gasteiger partial charge on any atom is -0.383 e. The zero-order valence-corrected chi connectivity index (χ0v) is 19.1. The Morgan fingerprint density at radius 1 is 1.12 bits per heavy atom. The molecule has 33 heavy (non-hydrogen) atoms. The van der Waals surface area contributed by atoms with Crippen molar-refractivity contribution in [2.45, 2.75) is 25.3 Å². The monoisotopic (exact) mass is 476 g/mol. The van der Waals surface area contributed by atoms with E-state index in [9.17, 15) is 18.8 Å². The van der Waals surface area contributed by atoms with Gasteiger partial charge in [-0.15, -0.1) is 0 Å². The maximum absolute atomic E-state index is 14.2. The molecule has 10 heteroatoms. The average molecular weight is 477 g/mol. The lowest BCUT2D eigenvalue weighted by Gasteiger charge is -2.38. The van der Waals surface area contributed by atoms with Gasteiger partial charge in [-0.05, 0) is 18.1 Å². The maximum atomic E-state index is 14.2. The van der Waals surface area contributed by atoms with Crippen molar-refractivity contribution in [2.75, 3.05) is 49.7 Å². The number of hydrogen-bond donors (Lipinski definition) is 1. The van der Waals surface area contributed by atoms with E-state index in [1.807, 2.05) is 23.1 Å². The van der Waals surface area contributed by atoms with E-state index in [-0.39, 0.29) is 30.3 Å². The molecule has 0 bridgehead atoms. The van der Waals surface area contributed by atoms with Gasteiger partial charge in [-0.2, -0.15) is 0 Å².